The van der Waals surface area contributed by atoms with Gasteiger partial charge in [0.1, 0.15) is 6.23 Å². The topological polar surface area (TPSA) is 59.0 Å². The number of nitrogens with zero attached hydrogens (tertiary/aromatic N) is 1. The molecule has 2 unspecified atom stereocenters. The SMILES string of the molecule is CCCCCCCCCCCCOP(=O)(O)OC(CCCCCCC)N(CCCCCCCC)CCCCCCCC. The first-order valence-corrected chi connectivity index (χ1v) is 20.4. The Kier molecular flexibility index (Phi) is 32.5. The van der Waals surface area contributed by atoms with Crippen LogP contribution in [0.25, 0.3) is 0 Å². The van der Waals surface area contributed by atoms with E-state index >= 15 is 0 Å². The average Bonchev–Trinajstić information content (AvgIpc) is 2.97. The smallest absolute Gasteiger partial charge is 0.302 e. The van der Waals surface area contributed by atoms with Crippen LogP contribution in [0.4, 0.5) is 0 Å². The van der Waals surface area contributed by atoms with Crippen LogP contribution in [0.3, 0.4) is 0 Å². The molecule has 0 fully saturated rings. The third-order valence-corrected chi connectivity index (χ3v) is 9.59. The van der Waals surface area contributed by atoms with Gasteiger partial charge in [0, 0.05) is 13.1 Å². The molecule has 0 saturated carbocycles. The number of hydrogen-bond donors (Lipinski definition) is 1. The van der Waals surface area contributed by atoms with Crippen molar-refractivity contribution >= 4 is 7.82 Å². The highest BCUT2D eigenvalue weighted by Gasteiger charge is 2.30. The molecule has 42 heavy (non-hydrogen) atoms. The number of phosphoric ester groups is 1. The molecular weight excluding hydrogens is 541 g/mol. The van der Waals surface area contributed by atoms with Gasteiger partial charge in [-0.2, -0.15) is 0 Å². The van der Waals surface area contributed by atoms with Gasteiger partial charge in [-0.15, -0.1) is 0 Å². The average molecular weight is 618 g/mol. The lowest BCUT2D eigenvalue weighted by atomic mass is 10.1. The Labute approximate surface area is 264 Å². The fourth-order valence-electron chi connectivity index (χ4n) is 5.77. The van der Waals surface area contributed by atoms with Crippen LogP contribution in [0.15, 0.2) is 0 Å². The standard InChI is InChI=1S/C36H76NO4P/c1-5-9-13-17-20-21-22-23-27-31-35-40-42(38,39)41-36(32-28-24-16-12-8-4)37(33-29-25-18-14-10-6-2)34-30-26-19-15-11-7-3/h36H,5-35H2,1-4H3,(H,38,39). The molecule has 0 radical (unpaired) electrons. The summed E-state index contributed by atoms with van der Waals surface area (Å²) < 4.78 is 24.6. The molecule has 1 N–H and O–H groups in total. The summed E-state index contributed by atoms with van der Waals surface area (Å²) in [6, 6.07) is 0. The van der Waals surface area contributed by atoms with Crippen LogP contribution < -0.4 is 0 Å². The van der Waals surface area contributed by atoms with E-state index in [1.807, 2.05) is 0 Å². The van der Waals surface area contributed by atoms with Crippen LogP contribution >= 0.6 is 7.82 Å². The predicted molar refractivity (Wildman–Crippen MR) is 184 cm³/mol. The summed E-state index contributed by atoms with van der Waals surface area (Å²) >= 11 is 0. The van der Waals surface area contributed by atoms with Gasteiger partial charge in [-0.05, 0) is 32.1 Å². The maximum absolute atomic E-state index is 13.1. The molecule has 0 aliphatic rings. The second-order valence-electron chi connectivity index (χ2n) is 12.8. The molecule has 0 spiro atoms. The Hall–Kier alpha value is 0.0700. The molecule has 5 nitrogen and oxygen atoms in total. The third kappa shape index (κ3) is 28.8. The molecule has 0 aliphatic heterocycles. The van der Waals surface area contributed by atoms with E-state index in [1.54, 1.807) is 0 Å². The first kappa shape index (κ1) is 42.1. The summed E-state index contributed by atoms with van der Waals surface area (Å²) in [7, 11) is -4.09. The van der Waals surface area contributed by atoms with Crippen molar-refractivity contribution in [2.75, 3.05) is 19.7 Å². The van der Waals surface area contributed by atoms with E-state index < -0.39 is 7.82 Å². The van der Waals surface area contributed by atoms with Crippen molar-refractivity contribution in [1.82, 2.24) is 4.90 Å². The number of hydrogen-bond acceptors (Lipinski definition) is 4. The van der Waals surface area contributed by atoms with Crippen LogP contribution in [-0.2, 0) is 13.6 Å². The normalized spacial score (nSPS) is 14.0. The van der Waals surface area contributed by atoms with Crippen molar-refractivity contribution in [2.24, 2.45) is 0 Å². The quantitative estimate of drug-likeness (QED) is 0.0435. The zero-order valence-corrected chi connectivity index (χ0v) is 30.0. The van der Waals surface area contributed by atoms with Crippen molar-refractivity contribution in [1.29, 1.82) is 0 Å². The van der Waals surface area contributed by atoms with Gasteiger partial charge in [0.25, 0.3) is 0 Å². The Morgan fingerprint density at radius 3 is 1.24 bits per heavy atom. The number of phosphoric acid groups is 1. The van der Waals surface area contributed by atoms with E-state index in [4.69, 9.17) is 9.05 Å². The minimum atomic E-state index is -4.09. The largest absolute Gasteiger partial charge is 0.473 e. The summed E-state index contributed by atoms with van der Waals surface area (Å²) in [5, 5.41) is 0. The second-order valence-corrected chi connectivity index (χ2v) is 14.2. The van der Waals surface area contributed by atoms with Gasteiger partial charge in [-0.1, -0.05) is 175 Å². The molecule has 0 amide bonds. The maximum Gasteiger partial charge on any atom is 0.473 e. The minimum absolute atomic E-state index is 0.308. The summed E-state index contributed by atoms with van der Waals surface area (Å²) in [4.78, 5) is 13.1. The lowest BCUT2D eigenvalue weighted by Gasteiger charge is -2.32. The molecule has 2 atom stereocenters. The van der Waals surface area contributed by atoms with E-state index in [0.717, 1.165) is 58.0 Å². The first-order valence-electron chi connectivity index (χ1n) is 18.9. The van der Waals surface area contributed by atoms with Crippen molar-refractivity contribution in [2.45, 2.75) is 214 Å². The fourth-order valence-corrected chi connectivity index (χ4v) is 6.74. The Balaban J connectivity index is 4.85. The van der Waals surface area contributed by atoms with Gasteiger partial charge in [0.05, 0.1) is 6.61 Å². The highest BCUT2D eigenvalue weighted by Crippen LogP contribution is 2.46. The molecule has 0 aromatic carbocycles. The molecule has 6 heteroatoms. The van der Waals surface area contributed by atoms with Crippen LogP contribution in [0, 0.1) is 0 Å². The van der Waals surface area contributed by atoms with Crippen LogP contribution in [0.5, 0.6) is 0 Å². The van der Waals surface area contributed by atoms with E-state index in [1.165, 1.54) is 135 Å². The van der Waals surface area contributed by atoms with Crippen molar-refractivity contribution in [3.8, 4) is 0 Å². The Bertz CT molecular complexity index is 561. The molecular formula is C36H76NO4P. The van der Waals surface area contributed by atoms with Crippen molar-refractivity contribution < 1.29 is 18.5 Å². The van der Waals surface area contributed by atoms with Gasteiger partial charge >= 0.3 is 7.82 Å². The van der Waals surface area contributed by atoms with Crippen molar-refractivity contribution in [3.63, 3.8) is 0 Å². The first-order chi connectivity index (χ1) is 20.5. The predicted octanol–water partition coefficient (Wildman–Crippen LogP) is 12.8. The fraction of sp³-hybridized carbons (Fsp3) is 1.00. The van der Waals surface area contributed by atoms with Gasteiger partial charge in [0.15, 0.2) is 0 Å². The lowest BCUT2D eigenvalue weighted by Crippen LogP contribution is -2.38. The highest BCUT2D eigenvalue weighted by atomic mass is 31.2. The van der Waals surface area contributed by atoms with E-state index in [2.05, 4.69) is 32.6 Å². The van der Waals surface area contributed by atoms with Crippen molar-refractivity contribution in [3.05, 3.63) is 0 Å². The summed E-state index contributed by atoms with van der Waals surface area (Å²) in [6.45, 7) is 11.2. The molecule has 0 heterocycles. The zero-order chi connectivity index (χ0) is 31.0. The third-order valence-electron chi connectivity index (χ3n) is 8.57. The van der Waals surface area contributed by atoms with E-state index in [-0.39, 0.29) is 6.23 Å². The number of unbranched alkanes of at least 4 members (excludes halogenated alkanes) is 23. The van der Waals surface area contributed by atoms with Gasteiger partial charge in [-0.3, -0.25) is 13.9 Å². The summed E-state index contributed by atoms with van der Waals surface area (Å²) in [5.74, 6) is 0. The zero-order valence-electron chi connectivity index (χ0n) is 29.1. The molecule has 254 valence electrons. The molecule has 0 aromatic heterocycles. The Morgan fingerprint density at radius 2 is 0.833 bits per heavy atom. The van der Waals surface area contributed by atoms with Gasteiger partial charge < -0.3 is 4.89 Å². The minimum Gasteiger partial charge on any atom is -0.302 e. The van der Waals surface area contributed by atoms with Crippen LogP contribution in [0.1, 0.15) is 207 Å². The summed E-state index contributed by atoms with van der Waals surface area (Å²) in [6.07, 6.45) is 33.8. The monoisotopic (exact) mass is 618 g/mol. The Morgan fingerprint density at radius 1 is 0.500 bits per heavy atom. The van der Waals surface area contributed by atoms with Gasteiger partial charge in [-0.25, -0.2) is 4.57 Å². The molecule has 0 aromatic rings. The maximum atomic E-state index is 13.1. The van der Waals surface area contributed by atoms with E-state index in [0.29, 0.717) is 6.61 Å². The molecule has 0 aliphatic carbocycles. The molecule has 0 bridgehead atoms. The van der Waals surface area contributed by atoms with Crippen LogP contribution in [0.2, 0.25) is 0 Å². The van der Waals surface area contributed by atoms with Crippen LogP contribution in [-0.4, -0.2) is 35.7 Å². The molecule has 0 rings (SSSR count). The van der Waals surface area contributed by atoms with Gasteiger partial charge in [0.2, 0.25) is 0 Å². The highest BCUT2D eigenvalue weighted by molar-refractivity contribution is 7.47. The molecule has 0 saturated heterocycles. The van der Waals surface area contributed by atoms with E-state index in [9.17, 15) is 9.46 Å². The summed E-state index contributed by atoms with van der Waals surface area (Å²) in [5.41, 5.74) is 0. The number of rotatable bonds is 35. The second kappa shape index (κ2) is 32.5. The lowest BCUT2D eigenvalue weighted by molar-refractivity contribution is -0.0135.